The zero-order valence-corrected chi connectivity index (χ0v) is 9.95. The molecule has 2 N–H and O–H groups in total. The van der Waals surface area contributed by atoms with Gasteiger partial charge in [-0.2, -0.15) is 0 Å². The van der Waals surface area contributed by atoms with Gasteiger partial charge in [0.05, 0.1) is 0 Å². The lowest BCUT2D eigenvalue weighted by molar-refractivity contribution is 0.421. The summed E-state index contributed by atoms with van der Waals surface area (Å²) in [6, 6.07) is 5.25. The summed E-state index contributed by atoms with van der Waals surface area (Å²) in [6.07, 6.45) is 7.52. The van der Waals surface area contributed by atoms with Gasteiger partial charge in [0.2, 0.25) is 0 Å². The quantitative estimate of drug-likeness (QED) is 0.815. The van der Waals surface area contributed by atoms with Crippen molar-refractivity contribution in [2.45, 2.75) is 38.3 Å². The van der Waals surface area contributed by atoms with Gasteiger partial charge in [0.1, 0.15) is 0 Å². The summed E-state index contributed by atoms with van der Waals surface area (Å²) in [5, 5.41) is 7.15. The van der Waals surface area contributed by atoms with Crippen molar-refractivity contribution < 1.29 is 0 Å². The second-order valence-corrected chi connectivity index (χ2v) is 4.55. The molecule has 2 heterocycles. The monoisotopic (exact) mass is 219 g/mol. The molecule has 1 aliphatic rings. The van der Waals surface area contributed by atoms with Gasteiger partial charge in [0.25, 0.3) is 0 Å². The van der Waals surface area contributed by atoms with Gasteiger partial charge in [0, 0.05) is 24.5 Å². The molecule has 16 heavy (non-hydrogen) atoms. The smallest absolute Gasteiger partial charge is 0.0295 e. The highest BCUT2D eigenvalue weighted by atomic mass is 15.0. The van der Waals surface area contributed by atoms with E-state index >= 15 is 0 Å². The number of pyridine rings is 1. The molecule has 2 unspecified atom stereocenters. The van der Waals surface area contributed by atoms with E-state index in [1.54, 1.807) is 0 Å². The average molecular weight is 219 g/mol. The summed E-state index contributed by atoms with van der Waals surface area (Å²) in [5.41, 5.74) is 1.33. The van der Waals surface area contributed by atoms with Gasteiger partial charge < -0.3 is 10.6 Å². The maximum absolute atomic E-state index is 4.05. The van der Waals surface area contributed by atoms with E-state index in [-0.39, 0.29) is 0 Å². The minimum absolute atomic E-state index is 0.422. The van der Waals surface area contributed by atoms with Crippen LogP contribution in [0.4, 0.5) is 0 Å². The minimum Gasteiger partial charge on any atom is -0.317 e. The van der Waals surface area contributed by atoms with Gasteiger partial charge in [-0.1, -0.05) is 0 Å². The molecule has 3 nitrogen and oxygen atoms in total. The molecule has 2 atom stereocenters. The first-order valence-electron chi connectivity index (χ1n) is 6.23. The summed E-state index contributed by atoms with van der Waals surface area (Å²) < 4.78 is 0. The van der Waals surface area contributed by atoms with E-state index in [1.165, 1.54) is 31.4 Å². The van der Waals surface area contributed by atoms with E-state index < -0.39 is 0 Å². The molecular weight excluding hydrogens is 198 g/mol. The standard InChI is InChI=1S/C13H21N3/c1-11(12-4-8-15-9-5-12)16-13-3-2-7-14-10-6-13/h4-5,8-9,11,13-14,16H,2-3,6-7,10H2,1H3. The number of nitrogens with one attached hydrogen (secondary N) is 2. The Morgan fingerprint density at radius 2 is 2.12 bits per heavy atom. The first kappa shape index (κ1) is 11.6. The Bertz CT molecular complexity index is 291. The van der Waals surface area contributed by atoms with E-state index in [2.05, 4.69) is 34.7 Å². The van der Waals surface area contributed by atoms with Crippen molar-refractivity contribution in [3.8, 4) is 0 Å². The second-order valence-electron chi connectivity index (χ2n) is 4.55. The molecule has 0 radical (unpaired) electrons. The number of aromatic nitrogens is 1. The molecule has 1 aliphatic heterocycles. The molecule has 1 aromatic heterocycles. The van der Waals surface area contributed by atoms with Crippen LogP contribution >= 0.6 is 0 Å². The molecule has 1 fully saturated rings. The zero-order chi connectivity index (χ0) is 11.2. The molecule has 1 aromatic rings. The Balaban J connectivity index is 1.88. The molecule has 0 aromatic carbocycles. The predicted molar refractivity (Wildman–Crippen MR) is 66.3 cm³/mol. The third kappa shape index (κ3) is 3.29. The van der Waals surface area contributed by atoms with Gasteiger partial charge in [-0.05, 0) is 57.0 Å². The minimum atomic E-state index is 0.422. The summed E-state index contributed by atoms with van der Waals surface area (Å²) in [5.74, 6) is 0. The number of nitrogens with zero attached hydrogens (tertiary/aromatic N) is 1. The van der Waals surface area contributed by atoms with Crippen LogP contribution in [0.15, 0.2) is 24.5 Å². The number of hydrogen-bond donors (Lipinski definition) is 2. The van der Waals surface area contributed by atoms with Gasteiger partial charge >= 0.3 is 0 Å². The Hall–Kier alpha value is -0.930. The Morgan fingerprint density at radius 3 is 2.94 bits per heavy atom. The maximum atomic E-state index is 4.05. The van der Waals surface area contributed by atoms with Crippen LogP contribution in [0.5, 0.6) is 0 Å². The summed E-state index contributed by atoms with van der Waals surface area (Å²) in [4.78, 5) is 4.05. The highest BCUT2D eigenvalue weighted by Crippen LogP contribution is 2.14. The number of rotatable bonds is 3. The SMILES string of the molecule is CC(NC1CCCNCC1)c1ccncc1. The van der Waals surface area contributed by atoms with Crippen LogP contribution in [-0.2, 0) is 0 Å². The van der Waals surface area contributed by atoms with Crippen LogP contribution in [0.25, 0.3) is 0 Å². The molecule has 1 saturated heterocycles. The first-order valence-corrected chi connectivity index (χ1v) is 6.23. The summed E-state index contributed by atoms with van der Waals surface area (Å²) in [6.45, 7) is 4.54. The van der Waals surface area contributed by atoms with Crippen molar-refractivity contribution in [1.82, 2.24) is 15.6 Å². The highest BCUT2D eigenvalue weighted by molar-refractivity contribution is 5.14. The topological polar surface area (TPSA) is 37.0 Å². The lowest BCUT2D eigenvalue weighted by Crippen LogP contribution is -2.32. The zero-order valence-electron chi connectivity index (χ0n) is 9.95. The van der Waals surface area contributed by atoms with Crippen molar-refractivity contribution in [2.24, 2.45) is 0 Å². The van der Waals surface area contributed by atoms with E-state index in [0.717, 1.165) is 6.54 Å². The van der Waals surface area contributed by atoms with Crippen LogP contribution in [0.2, 0.25) is 0 Å². The molecule has 3 heteroatoms. The highest BCUT2D eigenvalue weighted by Gasteiger charge is 2.14. The second kappa shape index (κ2) is 5.97. The van der Waals surface area contributed by atoms with Gasteiger partial charge in [0.15, 0.2) is 0 Å². The fourth-order valence-electron chi connectivity index (χ4n) is 2.29. The van der Waals surface area contributed by atoms with Crippen LogP contribution < -0.4 is 10.6 Å². The van der Waals surface area contributed by atoms with Crippen molar-refractivity contribution in [3.05, 3.63) is 30.1 Å². The molecule has 0 bridgehead atoms. The molecule has 0 amide bonds. The fraction of sp³-hybridized carbons (Fsp3) is 0.615. The Kier molecular flexibility index (Phi) is 4.31. The predicted octanol–water partition coefficient (Wildman–Crippen LogP) is 1.87. The Labute approximate surface area is 97.7 Å². The van der Waals surface area contributed by atoms with E-state index in [1.807, 2.05) is 12.4 Å². The summed E-state index contributed by atoms with van der Waals surface area (Å²) >= 11 is 0. The van der Waals surface area contributed by atoms with Crippen molar-refractivity contribution >= 4 is 0 Å². The van der Waals surface area contributed by atoms with Crippen molar-refractivity contribution in [1.29, 1.82) is 0 Å². The molecule has 0 saturated carbocycles. The third-order valence-corrected chi connectivity index (χ3v) is 3.27. The normalized spacial score (nSPS) is 23.7. The average Bonchev–Trinajstić information content (AvgIpc) is 2.59. The molecule has 2 rings (SSSR count). The largest absolute Gasteiger partial charge is 0.317 e. The van der Waals surface area contributed by atoms with Gasteiger partial charge in [-0.3, -0.25) is 4.98 Å². The molecular formula is C13H21N3. The maximum Gasteiger partial charge on any atom is 0.0295 e. The van der Waals surface area contributed by atoms with Crippen LogP contribution in [0.3, 0.4) is 0 Å². The van der Waals surface area contributed by atoms with E-state index in [4.69, 9.17) is 0 Å². The fourth-order valence-corrected chi connectivity index (χ4v) is 2.29. The lowest BCUT2D eigenvalue weighted by atomic mass is 10.1. The number of hydrogen-bond acceptors (Lipinski definition) is 3. The molecule has 88 valence electrons. The van der Waals surface area contributed by atoms with Crippen molar-refractivity contribution in [2.75, 3.05) is 13.1 Å². The molecule has 0 spiro atoms. The van der Waals surface area contributed by atoms with Crippen molar-refractivity contribution in [3.63, 3.8) is 0 Å². The Morgan fingerprint density at radius 1 is 1.31 bits per heavy atom. The third-order valence-electron chi connectivity index (χ3n) is 3.27. The van der Waals surface area contributed by atoms with E-state index in [9.17, 15) is 0 Å². The van der Waals surface area contributed by atoms with E-state index in [0.29, 0.717) is 12.1 Å². The first-order chi connectivity index (χ1) is 7.86. The van der Waals surface area contributed by atoms with Crippen LogP contribution in [-0.4, -0.2) is 24.1 Å². The van der Waals surface area contributed by atoms with Crippen LogP contribution in [0.1, 0.15) is 37.8 Å². The van der Waals surface area contributed by atoms with Crippen LogP contribution in [0, 0.1) is 0 Å². The van der Waals surface area contributed by atoms with Gasteiger partial charge in [-0.25, -0.2) is 0 Å². The van der Waals surface area contributed by atoms with Gasteiger partial charge in [-0.15, -0.1) is 0 Å². The summed E-state index contributed by atoms with van der Waals surface area (Å²) in [7, 11) is 0. The lowest BCUT2D eigenvalue weighted by Gasteiger charge is -2.22. The molecule has 0 aliphatic carbocycles.